The van der Waals surface area contributed by atoms with E-state index in [1.807, 2.05) is 0 Å². The Bertz CT molecular complexity index is 205. The molecule has 0 spiro atoms. The normalized spacial score (nSPS) is 40.6. The Morgan fingerprint density at radius 3 is 2.83 bits per heavy atom. The number of aliphatic carboxylic acids is 1. The third kappa shape index (κ3) is 1.11. The van der Waals surface area contributed by atoms with Gasteiger partial charge in [-0.05, 0) is 18.8 Å². The van der Waals surface area contributed by atoms with Gasteiger partial charge in [0.15, 0.2) is 0 Å². The molecule has 1 saturated carbocycles. The molecule has 4 nitrogen and oxygen atoms in total. The highest BCUT2D eigenvalue weighted by atomic mass is 16.5. The Balaban J connectivity index is 1.91. The van der Waals surface area contributed by atoms with E-state index in [9.17, 15) is 4.79 Å². The highest BCUT2D eigenvalue weighted by molar-refractivity contribution is 5.73. The van der Waals surface area contributed by atoms with Gasteiger partial charge in [0.1, 0.15) is 6.04 Å². The summed E-state index contributed by atoms with van der Waals surface area (Å²) < 4.78 is 5.49. The van der Waals surface area contributed by atoms with Gasteiger partial charge in [0.05, 0.1) is 12.2 Å². The second-order valence-corrected chi connectivity index (χ2v) is 3.92. The quantitative estimate of drug-likeness (QED) is 0.625. The van der Waals surface area contributed by atoms with Gasteiger partial charge in [-0.2, -0.15) is 0 Å². The number of carboxylic acids is 1. The predicted octanol–water partition coefficient (Wildman–Crippen LogP) is -0.0326. The van der Waals surface area contributed by atoms with Crippen LogP contribution < -0.4 is 5.73 Å². The second kappa shape index (κ2) is 2.44. The van der Waals surface area contributed by atoms with E-state index in [1.54, 1.807) is 0 Å². The maximum Gasteiger partial charge on any atom is 0.320 e. The standard InChI is InChI=1S/C8H13NO3/c9-6(7(10)11)3-8-1-5(2-8)4-12-8/h5-6H,1-4,9H2,(H,10,11). The zero-order valence-corrected chi connectivity index (χ0v) is 6.82. The molecule has 1 atom stereocenters. The molecule has 0 aromatic rings. The molecule has 2 bridgehead atoms. The molecular formula is C8H13NO3. The fourth-order valence-corrected chi connectivity index (χ4v) is 2.24. The van der Waals surface area contributed by atoms with Crippen LogP contribution in [0.4, 0.5) is 0 Å². The fourth-order valence-electron chi connectivity index (χ4n) is 2.24. The summed E-state index contributed by atoms with van der Waals surface area (Å²) in [6.07, 6.45) is 2.49. The van der Waals surface area contributed by atoms with Crippen LogP contribution in [0.25, 0.3) is 0 Å². The van der Waals surface area contributed by atoms with Crippen molar-refractivity contribution in [3.8, 4) is 0 Å². The summed E-state index contributed by atoms with van der Waals surface area (Å²) in [7, 11) is 0. The number of nitrogens with two attached hydrogens (primary N) is 1. The lowest BCUT2D eigenvalue weighted by atomic mass is 9.71. The molecule has 68 valence electrons. The van der Waals surface area contributed by atoms with Gasteiger partial charge in [-0.3, -0.25) is 4.79 Å². The number of carbonyl (C=O) groups is 1. The first-order valence-corrected chi connectivity index (χ1v) is 4.24. The molecule has 3 aliphatic rings. The summed E-state index contributed by atoms with van der Waals surface area (Å²) in [6.45, 7) is 0.798. The van der Waals surface area contributed by atoms with E-state index in [0.29, 0.717) is 12.3 Å². The maximum absolute atomic E-state index is 10.5. The average molecular weight is 171 g/mol. The number of rotatable bonds is 3. The van der Waals surface area contributed by atoms with Crippen molar-refractivity contribution in [2.45, 2.75) is 30.9 Å². The monoisotopic (exact) mass is 171 g/mol. The molecule has 3 fully saturated rings. The molecular weight excluding hydrogens is 158 g/mol. The van der Waals surface area contributed by atoms with Crippen LogP contribution in [0.5, 0.6) is 0 Å². The van der Waals surface area contributed by atoms with Gasteiger partial charge in [-0.25, -0.2) is 0 Å². The third-order valence-electron chi connectivity index (χ3n) is 2.86. The van der Waals surface area contributed by atoms with Gasteiger partial charge in [-0.15, -0.1) is 0 Å². The van der Waals surface area contributed by atoms with Crippen molar-refractivity contribution in [3.63, 3.8) is 0 Å². The number of fused-ring (bicyclic) bond motifs is 1. The lowest BCUT2D eigenvalue weighted by Gasteiger charge is -2.36. The fraction of sp³-hybridized carbons (Fsp3) is 0.875. The van der Waals surface area contributed by atoms with Crippen LogP contribution in [-0.4, -0.2) is 29.3 Å². The minimum absolute atomic E-state index is 0.164. The molecule has 1 aliphatic carbocycles. The van der Waals surface area contributed by atoms with E-state index in [4.69, 9.17) is 15.6 Å². The topological polar surface area (TPSA) is 72.5 Å². The van der Waals surface area contributed by atoms with Gasteiger partial charge in [0.25, 0.3) is 0 Å². The predicted molar refractivity (Wildman–Crippen MR) is 41.6 cm³/mol. The molecule has 0 aromatic heterocycles. The molecule has 0 amide bonds. The Labute approximate surface area is 70.7 Å². The molecule has 2 heterocycles. The maximum atomic E-state index is 10.5. The lowest BCUT2D eigenvalue weighted by Crippen LogP contribution is -2.45. The van der Waals surface area contributed by atoms with E-state index >= 15 is 0 Å². The molecule has 12 heavy (non-hydrogen) atoms. The summed E-state index contributed by atoms with van der Waals surface area (Å²) in [5.74, 6) is -0.255. The Kier molecular flexibility index (Phi) is 1.63. The highest BCUT2D eigenvalue weighted by Gasteiger charge is 2.52. The van der Waals surface area contributed by atoms with E-state index in [2.05, 4.69) is 0 Å². The minimum atomic E-state index is -0.927. The van der Waals surface area contributed by atoms with Crippen LogP contribution >= 0.6 is 0 Å². The Morgan fingerprint density at radius 1 is 1.75 bits per heavy atom. The minimum Gasteiger partial charge on any atom is -0.480 e. The smallest absolute Gasteiger partial charge is 0.320 e. The van der Waals surface area contributed by atoms with Crippen molar-refractivity contribution < 1.29 is 14.6 Å². The van der Waals surface area contributed by atoms with Crippen molar-refractivity contribution in [1.29, 1.82) is 0 Å². The lowest BCUT2D eigenvalue weighted by molar-refractivity contribution is -0.140. The third-order valence-corrected chi connectivity index (χ3v) is 2.86. The van der Waals surface area contributed by atoms with Crippen molar-refractivity contribution in [2.75, 3.05) is 6.61 Å². The van der Waals surface area contributed by atoms with Gasteiger partial charge in [-0.1, -0.05) is 0 Å². The SMILES string of the molecule is NC(CC12CC(CO1)C2)C(=O)O. The van der Waals surface area contributed by atoms with Gasteiger partial charge < -0.3 is 15.6 Å². The van der Waals surface area contributed by atoms with Crippen LogP contribution in [0.1, 0.15) is 19.3 Å². The van der Waals surface area contributed by atoms with E-state index < -0.39 is 12.0 Å². The second-order valence-electron chi connectivity index (χ2n) is 3.92. The summed E-state index contributed by atoms with van der Waals surface area (Å²) in [5, 5.41) is 8.59. The summed E-state index contributed by atoms with van der Waals surface area (Å²) in [6, 6.07) is -0.760. The first-order valence-electron chi connectivity index (χ1n) is 4.24. The van der Waals surface area contributed by atoms with Crippen LogP contribution in [0.3, 0.4) is 0 Å². The van der Waals surface area contributed by atoms with Crippen molar-refractivity contribution in [1.82, 2.24) is 0 Å². The molecule has 3 N–H and O–H groups in total. The molecule has 4 heteroatoms. The van der Waals surface area contributed by atoms with E-state index in [-0.39, 0.29) is 5.60 Å². The first kappa shape index (κ1) is 8.01. The van der Waals surface area contributed by atoms with Gasteiger partial charge in [0.2, 0.25) is 0 Å². The molecule has 0 aromatic carbocycles. The molecule has 0 radical (unpaired) electrons. The number of hydrogen-bond acceptors (Lipinski definition) is 3. The van der Waals surface area contributed by atoms with Crippen molar-refractivity contribution >= 4 is 5.97 Å². The largest absolute Gasteiger partial charge is 0.480 e. The van der Waals surface area contributed by atoms with Crippen molar-refractivity contribution in [2.24, 2.45) is 11.7 Å². The molecule has 2 saturated heterocycles. The highest BCUT2D eigenvalue weighted by Crippen LogP contribution is 2.50. The molecule has 2 aliphatic heterocycles. The van der Waals surface area contributed by atoms with E-state index in [1.165, 1.54) is 0 Å². The number of hydrogen-bond donors (Lipinski definition) is 2. The summed E-state index contributed by atoms with van der Waals surface area (Å²) >= 11 is 0. The van der Waals surface area contributed by atoms with Gasteiger partial charge in [0, 0.05) is 6.42 Å². The Hall–Kier alpha value is -0.610. The first-order chi connectivity index (χ1) is 5.61. The van der Waals surface area contributed by atoms with Crippen LogP contribution in [-0.2, 0) is 9.53 Å². The summed E-state index contributed by atoms with van der Waals surface area (Å²) in [5.41, 5.74) is 5.26. The number of carboxylic acid groups (broad SMARTS) is 1. The van der Waals surface area contributed by atoms with Gasteiger partial charge >= 0.3 is 5.97 Å². The molecule has 3 rings (SSSR count). The average Bonchev–Trinajstić information content (AvgIpc) is 2.44. The zero-order chi connectivity index (χ0) is 8.77. The van der Waals surface area contributed by atoms with Crippen LogP contribution in [0, 0.1) is 5.92 Å². The van der Waals surface area contributed by atoms with Crippen molar-refractivity contribution in [3.05, 3.63) is 0 Å². The van der Waals surface area contributed by atoms with Crippen LogP contribution in [0.2, 0.25) is 0 Å². The Morgan fingerprint density at radius 2 is 2.42 bits per heavy atom. The van der Waals surface area contributed by atoms with E-state index in [0.717, 1.165) is 19.4 Å². The summed E-state index contributed by atoms with van der Waals surface area (Å²) in [4.78, 5) is 10.5. The number of ether oxygens (including phenoxy) is 1. The van der Waals surface area contributed by atoms with Crippen LogP contribution in [0.15, 0.2) is 0 Å². The molecule has 1 unspecified atom stereocenters. The zero-order valence-electron chi connectivity index (χ0n) is 6.82.